The van der Waals surface area contributed by atoms with E-state index in [0.717, 1.165) is 5.06 Å². The summed E-state index contributed by atoms with van der Waals surface area (Å²) in [5.41, 5.74) is -0.320. The summed E-state index contributed by atoms with van der Waals surface area (Å²) in [6, 6.07) is 6.81. The van der Waals surface area contributed by atoms with Crippen molar-refractivity contribution in [2.24, 2.45) is 0 Å². The molecule has 1 saturated heterocycles. The van der Waals surface area contributed by atoms with Gasteiger partial charge in [0.1, 0.15) is 12.6 Å². The van der Waals surface area contributed by atoms with Crippen LogP contribution in [0.1, 0.15) is 20.7 Å². The van der Waals surface area contributed by atoms with Crippen LogP contribution in [0, 0.1) is 0 Å². The van der Waals surface area contributed by atoms with Gasteiger partial charge in [-0.15, -0.1) is 0 Å². The Balaban J connectivity index is 1.52. The molecular formula is C19H19N3O8. The van der Waals surface area contributed by atoms with E-state index in [4.69, 9.17) is 4.84 Å². The van der Waals surface area contributed by atoms with Crippen LogP contribution < -0.4 is 10.6 Å². The molecule has 1 atom stereocenters. The third kappa shape index (κ3) is 4.20. The molecule has 0 unspecified atom stereocenters. The van der Waals surface area contributed by atoms with E-state index in [-0.39, 0.29) is 30.8 Å². The van der Waals surface area contributed by atoms with Gasteiger partial charge in [0.2, 0.25) is 0 Å². The molecule has 11 nitrogen and oxygen atoms in total. The lowest BCUT2D eigenvalue weighted by Crippen LogP contribution is -2.44. The van der Waals surface area contributed by atoms with E-state index < -0.39 is 46.8 Å². The minimum absolute atomic E-state index is 0.0202. The first-order valence-corrected chi connectivity index (χ1v) is 8.85. The number of phenols is 4. The molecule has 0 bridgehead atoms. The zero-order valence-corrected chi connectivity index (χ0v) is 15.5. The highest BCUT2D eigenvalue weighted by Gasteiger charge is 2.34. The number of nitrogens with one attached hydrogen (secondary N) is 2. The average molecular weight is 417 g/mol. The minimum atomic E-state index is -1.01. The number of carbonyl (C=O) groups is 3. The van der Waals surface area contributed by atoms with E-state index in [2.05, 4.69) is 10.6 Å². The highest BCUT2D eigenvalue weighted by molar-refractivity contribution is 6.00. The van der Waals surface area contributed by atoms with Crippen molar-refractivity contribution in [3.05, 3.63) is 47.5 Å². The van der Waals surface area contributed by atoms with Crippen molar-refractivity contribution in [3.8, 4) is 23.0 Å². The fraction of sp³-hybridized carbons (Fsp3) is 0.211. The Kier molecular flexibility index (Phi) is 5.93. The van der Waals surface area contributed by atoms with Crippen molar-refractivity contribution in [1.82, 2.24) is 15.7 Å². The second kappa shape index (κ2) is 8.57. The molecule has 11 heteroatoms. The predicted molar refractivity (Wildman–Crippen MR) is 101 cm³/mol. The van der Waals surface area contributed by atoms with Crippen LogP contribution >= 0.6 is 0 Å². The summed E-state index contributed by atoms with van der Waals surface area (Å²) in [4.78, 5) is 41.9. The quantitative estimate of drug-likeness (QED) is 0.352. The fourth-order valence-electron chi connectivity index (χ4n) is 2.78. The molecule has 0 saturated carbocycles. The van der Waals surface area contributed by atoms with E-state index in [0.29, 0.717) is 0 Å². The number of hydrogen-bond acceptors (Lipinski definition) is 8. The molecule has 1 fully saturated rings. The maximum absolute atomic E-state index is 12.4. The Morgan fingerprint density at radius 3 is 2.13 bits per heavy atom. The summed E-state index contributed by atoms with van der Waals surface area (Å²) in [5, 5.41) is 44.2. The Bertz CT molecular complexity index is 994. The SMILES string of the molecule is O=C(NCCN1OC[C@@H](NC(=O)c2cccc(O)c2O)C1=O)c1cccc(O)c1O. The first-order valence-electron chi connectivity index (χ1n) is 8.85. The lowest BCUT2D eigenvalue weighted by Gasteiger charge is -2.15. The van der Waals surface area contributed by atoms with Crippen molar-refractivity contribution < 1.29 is 39.6 Å². The van der Waals surface area contributed by atoms with Crippen LogP contribution in [-0.4, -0.2) is 68.9 Å². The summed E-state index contributed by atoms with van der Waals surface area (Å²) in [6.07, 6.45) is 0. The number of nitrogens with zero attached hydrogens (tertiary/aromatic N) is 1. The molecule has 158 valence electrons. The molecular weight excluding hydrogens is 398 g/mol. The Morgan fingerprint density at radius 2 is 1.53 bits per heavy atom. The van der Waals surface area contributed by atoms with Gasteiger partial charge < -0.3 is 31.1 Å². The number of rotatable bonds is 6. The molecule has 1 aliphatic heterocycles. The molecule has 1 aliphatic rings. The number of hydrogen-bond donors (Lipinski definition) is 6. The summed E-state index contributed by atoms with van der Waals surface area (Å²) in [6.45, 7) is -0.201. The summed E-state index contributed by atoms with van der Waals surface area (Å²) >= 11 is 0. The Hall–Kier alpha value is -3.99. The monoisotopic (exact) mass is 417 g/mol. The third-order valence-electron chi connectivity index (χ3n) is 4.37. The maximum Gasteiger partial charge on any atom is 0.271 e. The number of amides is 3. The molecule has 3 rings (SSSR count). The Morgan fingerprint density at radius 1 is 0.967 bits per heavy atom. The topological polar surface area (TPSA) is 169 Å². The van der Waals surface area contributed by atoms with Crippen molar-refractivity contribution in [2.45, 2.75) is 6.04 Å². The molecule has 0 aromatic heterocycles. The van der Waals surface area contributed by atoms with E-state index in [9.17, 15) is 34.8 Å². The molecule has 0 aliphatic carbocycles. The van der Waals surface area contributed by atoms with E-state index in [1.165, 1.54) is 36.4 Å². The van der Waals surface area contributed by atoms with Gasteiger partial charge in [0.05, 0.1) is 17.7 Å². The predicted octanol–water partition coefficient (Wildman–Crippen LogP) is -0.189. The molecule has 1 heterocycles. The van der Waals surface area contributed by atoms with E-state index >= 15 is 0 Å². The maximum atomic E-state index is 12.4. The summed E-state index contributed by atoms with van der Waals surface area (Å²) in [5.74, 6) is -4.03. The summed E-state index contributed by atoms with van der Waals surface area (Å²) in [7, 11) is 0. The number of benzene rings is 2. The molecule has 2 aromatic rings. The lowest BCUT2D eigenvalue weighted by atomic mass is 10.1. The first-order chi connectivity index (χ1) is 14.3. The van der Waals surface area contributed by atoms with Crippen molar-refractivity contribution in [3.63, 3.8) is 0 Å². The van der Waals surface area contributed by atoms with Crippen molar-refractivity contribution in [2.75, 3.05) is 19.7 Å². The second-order valence-corrected chi connectivity index (χ2v) is 6.36. The fourth-order valence-corrected chi connectivity index (χ4v) is 2.78. The van der Waals surface area contributed by atoms with Crippen LogP contribution in [-0.2, 0) is 9.63 Å². The summed E-state index contributed by atoms with van der Waals surface area (Å²) < 4.78 is 0. The van der Waals surface area contributed by atoms with Crippen LogP contribution in [0.4, 0.5) is 0 Å². The standard InChI is InChI=1S/C19H19N3O8/c23-13-5-1-3-10(15(13)25)17(27)20-7-8-22-19(29)12(9-30-22)21-18(28)11-4-2-6-14(24)16(11)26/h1-6,12,23-26H,7-9H2,(H,20,27)(H,21,28)/t12-/m1/s1. The highest BCUT2D eigenvalue weighted by Crippen LogP contribution is 2.29. The zero-order valence-electron chi connectivity index (χ0n) is 15.5. The van der Waals surface area contributed by atoms with Crippen LogP contribution in [0.2, 0.25) is 0 Å². The molecule has 0 spiro atoms. The molecule has 30 heavy (non-hydrogen) atoms. The highest BCUT2D eigenvalue weighted by atomic mass is 16.7. The molecule has 3 amide bonds. The Labute approximate surface area is 170 Å². The third-order valence-corrected chi connectivity index (χ3v) is 4.37. The van der Waals surface area contributed by atoms with Gasteiger partial charge in [0, 0.05) is 6.54 Å². The molecule has 6 N–H and O–H groups in total. The number of aromatic hydroxyl groups is 4. The van der Waals surface area contributed by atoms with Gasteiger partial charge in [-0.1, -0.05) is 12.1 Å². The van der Waals surface area contributed by atoms with Gasteiger partial charge in [-0.2, -0.15) is 0 Å². The van der Waals surface area contributed by atoms with Crippen LogP contribution in [0.15, 0.2) is 36.4 Å². The van der Waals surface area contributed by atoms with E-state index in [1.807, 2.05) is 0 Å². The smallest absolute Gasteiger partial charge is 0.271 e. The largest absolute Gasteiger partial charge is 0.504 e. The number of hydroxylamine groups is 2. The number of para-hydroxylation sites is 2. The first kappa shape index (κ1) is 20.7. The second-order valence-electron chi connectivity index (χ2n) is 6.36. The normalized spacial score (nSPS) is 15.8. The average Bonchev–Trinajstić information content (AvgIpc) is 3.05. The lowest BCUT2D eigenvalue weighted by molar-refractivity contribution is -0.161. The van der Waals surface area contributed by atoms with Gasteiger partial charge in [-0.25, -0.2) is 5.06 Å². The van der Waals surface area contributed by atoms with Crippen LogP contribution in [0.25, 0.3) is 0 Å². The van der Waals surface area contributed by atoms with Gasteiger partial charge >= 0.3 is 0 Å². The van der Waals surface area contributed by atoms with Crippen molar-refractivity contribution >= 4 is 17.7 Å². The van der Waals surface area contributed by atoms with E-state index in [1.54, 1.807) is 0 Å². The van der Waals surface area contributed by atoms with Crippen LogP contribution in [0.5, 0.6) is 23.0 Å². The van der Waals surface area contributed by atoms with Crippen LogP contribution in [0.3, 0.4) is 0 Å². The van der Waals surface area contributed by atoms with Crippen molar-refractivity contribution in [1.29, 1.82) is 0 Å². The van der Waals surface area contributed by atoms with Gasteiger partial charge in [0.25, 0.3) is 17.7 Å². The molecule has 0 radical (unpaired) electrons. The van der Waals surface area contributed by atoms with Gasteiger partial charge in [0.15, 0.2) is 23.0 Å². The zero-order chi connectivity index (χ0) is 21.8. The van der Waals surface area contributed by atoms with Gasteiger partial charge in [-0.3, -0.25) is 19.2 Å². The number of carbonyl (C=O) groups excluding carboxylic acids is 3. The molecule has 2 aromatic carbocycles. The van der Waals surface area contributed by atoms with Gasteiger partial charge in [-0.05, 0) is 24.3 Å². The minimum Gasteiger partial charge on any atom is -0.504 e. The number of phenolic OH excluding ortho intramolecular Hbond substituents is 4.